The molecule has 1 aliphatic rings. The third-order valence-corrected chi connectivity index (χ3v) is 5.14. The lowest BCUT2D eigenvalue weighted by molar-refractivity contribution is -0.132. The molecule has 0 N–H and O–H groups in total. The lowest BCUT2D eigenvalue weighted by Gasteiger charge is -2.34. The highest BCUT2D eigenvalue weighted by Crippen LogP contribution is 2.12. The first kappa shape index (κ1) is 16.1. The van der Waals surface area contributed by atoms with Crippen LogP contribution < -0.4 is 0 Å². The second kappa shape index (κ2) is 7.70. The zero-order valence-corrected chi connectivity index (χ0v) is 13.9. The van der Waals surface area contributed by atoms with Crippen molar-refractivity contribution in [3.05, 3.63) is 58.0 Å². The maximum Gasteiger partial charge on any atom is 0.227 e. The van der Waals surface area contributed by atoms with E-state index < -0.39 is 0 Å². The smallest absolute Gasteiger partial charge is 0.227 e. The maximum atomic E-state index is 12.9. The van der Waals surface area contributed by atoms with E-state index >= 15 is 0 Å². The molecule has 0 bridgehead atoms. The lowest BCUT2D eigenvalue weighted by Crippen LogP contribution is -2.49. The van der Waals surface area contributed by atoms with E-state index in [0.29, 0.717) is 6.42 Å². The molecule has 0 aliphatic carbocycles. The number of piperazine rings is 1. The minimum absolute atomic E-state index is 0.188. The van der Waals surface area contributed by atoms with E-state index in [9.17, 15) is 9.18 Å². The SMILES string of the molecule is O=C(Cc1cccs1)N1CCN(CCc2ccc(F)cc2)CC1. The van der Waals surface area contributed by atoms with Gasteiger partial charge in [-0.1, -0.05) is 18.2 Å². The van der Waals surface area contributed by atoms with Crippen LogP contribution in [0, 0.1) is 5.82 Å². The lowest BCUT2D eigenvalue weighted by atomic mass is 10.1. The largest absolute Gasteiger partial charge is 0.340 e. The zero-order valence-electron chi connectivity index (χ0n) is 13.1. The molecule has 23 heavy (non-hydrogen) atoms. The minimum atomic E-state index is -0.188. The van der Waals surface area contributed by atoms with E-state index in [1.54, 1.807) is 11.3 Å². The molecular formula is C18H21FN2OS. The average Bonchev–Trinajstić information content (AvgIpc) is 3.08. The Balaban J connectivity index is 1.41. The van der Waals surface area contributed by atoms with Crippen molar-refractivity contribution in [1.82, 2.24) is 9.80 Å². The first-order valence-electron chi connectivity index (χ1n) is 7.98. The Labute approximate surface area is 140 Å². The highest BCUT2D eigenvalue weighted by molar-refractivity contribution is 7.10. The number of rotatable bonds is 5. The molecule has 1 aromatic heterocycles. The molecule has 0 unspecified atom stereocenters. The molecular weight excluding hydrogens is 311 g/mol. The maximum absolute atomic E-state index is 12.9. The number of hydrogen-bond donors (Lipinski definition) is 0. The summed E-state index contributed by atoms with van der Waals surface area (Å²) in [5, 5.41) is 2.01. The van der Waals surface area contributed by atoms with Crippen LogP contribution in [-0.2, 0) is 17.6 Å². The van der Waals surface area contributed by atoms with Crippen LogP contribution in [0.15, 0.2) is 41.8 Å². The molecule has 2 aromatic rings. The highest BCUT2D eigenvalue weighted by Gasteiger charge is 2.21. The van der Waals surface area contributed by atoms with Gasteiger partial charge in [-0.3, -0.25) is 9.69 Å². The fraction of sp³-hybridized carbons (Fsp3) is 0.389. The molecule has 1 fully saturated rings. The Morgan fingerprint density at radius 3 is 2.48 bits per heavy atom. The van der Waals surface area contributed by atoms with Crippen LogP contribution in [0.2, 0.25) is 0 Å². The van der Waals surface area contributed by atoms with E-state index in [-0.39, 0.29) is 11.7 Å². The number of nitrogens with zero attached hydrogens (tertiary/aromatic N) is 2. The number of carbonyl (C=O) groups excluding carboxylic acids is 1. The fourth-order valence-electron chi connectivity index (χ4n) is 2.83. The summed E-state index contributed by atoms with van der Waals surface area (Å²) in [6, 6.07) is 10.7. The van der Waals surface area contributed by atoms with E-state index in [1.165, 1.54) is 12.1 Å². The summed E-state index contributed by atoms with van der Waals surface area (Å²) in [5.74, 6) is 0.0391. The molecule has 0 atom stereocenters. The molecule has 2 heterocycles. The van der Waals surface area contributed by atoms with Gasteiger partial charge in [-0.15, -0.1) is 11.3 Å². The van der Waals surface area contributed by atoms with Gasteiger partial charge in [-0.05, 0) is 35.6 Å². The molecule has 3 nitrogen and oxygen atoms in total. The zero-order chi connectivity index (χ0) is 16.1. The minimum Gasteiger partial charge on any atom is -0.340 e. The molecule has 1 aliphatic heterocycles. The van der Waals surface area contributed by atoms with E-state index in [0.717, 1.165) is 49.6 Å². The third kappa shape index (κ3) is 4.62. The van der Waals surface area contributed by atoms with Crippen molar-refractivity contribution in [2.75, 3.05) is 32.7 Å². The van der Waals surface area contributed by atoms with Crippen molar-refractivity contribution >= 4 is 17.2 Å². The quantitative estimate of drug-likeness (QED) is 0.841. The number of benzene rings is 1. The average molecular weight is 332 g/mol. The summed E-state index contributed by atoms with van der Waals surface area (Å²) in [6.45, 7) is 4.38. The van der Waals surface area contributed by atoms with Crippen molar-refractivity contribution in [3.63, 3.8) is 0 Å². The molecule has 122 valence electrons. The number of halogens is 1. The monoisotopic (exact) mass is 332 g/mol. The second-order valence-corrected chi connectivity index (χ2v) is 6.89. The van der Waals surface area contributed by atoms with Crippen molar-refractivity contribution in [2.45, 2.75) is 12.8 Å². The van der Waals surface area contributed by atoms with Crippen LogP contribution >= 0.6 is 11.3 Å². The Morgan fingerprint density at radius 1 is 1.09 bits per heavy atom. The number of thiophene rings is 1. The molecule has 1 aromatic carbocycles. The summed E-state index contributed by atoms with van der Waals surface area (Å²) >= 11 is 1.64. The van der Waals surface area contributed by atoms with Gasteiger partial charge in [0.1, 0.15) is 5.82 Å². The van der Waals surface area contributed by atoms with E-state index in [4.69, 9.17) is 0 Å². The Bertz CT molecular complexity index is 619. The van der Waals surface area contributed by atoms with Crippen LogP contribution in [0.5, 0.6) is 0 Å². The van der Waals surface area contributed by atoms with E-state index in [2.05, 4.69) is 4.90 Å². The summed E-state index contributed by atoms with van der Waals surface area (Å²) in [5.41, 5.74) is 1.16. The standard InChI is InChI=1S/C18H21FN2OS/c19-16-5-3-15(4-6-16)7-8-20-9-11-21(12-10-20)18(22)14-17-2-1-13-23-17/h1-6,13H,7-12,14H2. The normalized spacial score (nSPS) is 15.8. The van der Waals surface area contributed by atoms with Crippen molar-refractivity contribution in [3.8, 4) is 0 Å². The molecule has 0 saturated carbocycles. The van der Waals surface area contributed by atoms with E-state index in [1.807, 2.05) is 34.5 Å². The predicted octanol–water partition coefficient (Wildman–Crippen LogP) is 2.82. The highest BCUT2D eigenvalue weighted by atomic mass is 32.1. The van der Waals surface area contributed by atoms with Gasteiger partial charge >= 0.3 is 0 Å². The molecule has 5 heteroatoms. The molecule has 1 amide bonds. The predicted molar refractivity (Wildman–Crippen MR) is 91.1 cm³/mol. The second-order valence-electron chi connectivity index (χ2n) is 5.86. The van der Waals surface area contributed by atoms with Gasteiger partial charge in [0.2, 0.25) is 5.91 Å². The van der Waals surface area contributed by atoms with Crippen molar-refractivity contribution in [2.24, 2.45) is 0 Å². The topological polar surface area (TPSA) is 23.6 Å². The van der Waals surface area contributed by atoms with Gasteiger partial charge in [-0.25, -0.2) is 4.39 Å². The molecule has 1 saturated heterocycles. The number of amides is 1. The summed E-state index contributed by atoms with van der Waals surface area (Å²) in [4.78, 5) is 17.7. The first-order valence-corrected chi connectivity index (χ1v) is 8.85. The van der Waals surface area contributed by atoms with Crippen molar-refractivity contribution in [1.29, 1.82) is 0 Å². The van der Waals surface area contributed by atoms with Gasteiger partial charge in [0.25, 0.3) is 0 Å². The molecule has 3 rings (SSSR count). The third-order valence-electron chi connectivity index (χ3n) is 4.26. The Kier molecular flexibility index (Phi) is 5.41. The Hall–Kier alpha value is -1.72. The van der Waals surface area contributed by atoms with Gasteiger partial charge in [0.05, 0.1) is 6.42 Å². The Morgan fingerprint density at radius 2 is 1.83 bits per heavy atom. The van der Waals surface area contributed by atoms with Crippen molar-refractivity contribution < 1.29 is 9.18 Å². The molecule has 0 spiro atoms. The van der Waals surface area contributed by atoms with Crippen LogP contribution in [0.1, 0.15) is 10.4 Å². The van der Waals surface area contributed by atoms with Crippen LogP contribution in [0.25, 0.3) is 0 Å². The van der Waals surface area contributed by atoms with Gasteiger partial charge in [0.15, 0.2) is 0 Å². The van der Waals surface area contributed by atoms with Crippen LogP contribution in [0.4, 0.5) is 4.39 Å². The van der Waals surface area contributed by atoms with Gasteiger partial charge in [0, 0.05) is 37.6 Å². The summed E-state index contributed by atoms with van der Waals surface area (Å²) in [6.07, 6.45) is 1.44. The van der Waals surface area contributed by atoms with Crippen LogP contribution in [-0.4, -0.2) is 48.4 Å². The molecule has 0 radical (unpaired) electrons. The first-order chi connectivity index (χ1) is 11.2. The van der Waals surface area contributed by atoms with Gasteiger partial charge < -0.3 is 4.90 Å². The number of carbonyl (C=O) groups is 1. The summed E-state index contributed by atoms with van der Waals surface area (Å²) < 4.78 is 12.9. The van der Waals surface area contributed by atoms with Gasteiger partial charge in [-0.2, -0.15) is 0 Å². The van der Waals surface area contributed by atoms with Crippen LogP contribution in [0.3, 0.4) is 0 Å². The number of hydrogen-bond acceptors (Lipinski definition) is 3. The summed E-state index contributed by atoms with van der Waals surface area (Å²) in [7, 11) is 0. The fourth-order valence-corrected chi connectivity index (χ4v) is 3.53.